The Morgan fingerprint density at radius 3 is 2.75 bits per heavy atom. The molecule has 0 heterocycles. The van der Waals surface area contributed by atoms with Crippen molar-refractivity contribution < 1.29 is 22.7 Å². The summed E-state index contributed by atoms with van der Waals surface area (Å²) in [5, 5.41) is 0. The van der Waals surface area contributed by atoms with E-state index >= 15 is 0 Å². The second kappa shape index (κ2) is 5.72. The fourth-order valence-corrected chi connectivity index (χ4v) is 1.60. The minimum Gasteiger partial charge on any atom is -0.772 e. The Bertz CT molecular complexity index is 419. The third-order valence-electron chi connectivity index (χ3n) is 1.83. The van der Waals surface area contributed by atoms with Gasteiger partial charge >= 0.3 is 5.97 Å². The topological polar surface area (TPSA) is 66.4 Å². The zero-order chi connectivity index (χ0) is 12.1. The summed E-state index contributed by atoms with van der Waals surface area (Å²) >= 11 is -2.32. The summed E-state index contributed by atoms with van der Waals surface area (Å²) in [4.78, 5) is 10.5. The number of esters is 1. The number of ether oxygens (including phenoxy) is 1. The third-order valence-corrected chi connectivity index (χ3v) is 2.38. The molecule has 1 atom stereocenters. The number of carbonyl (C=O) groups is 1. The molecule has 0 saturated heterocycles. The SMILES string of the molecule is CC(=O)OCc1ccc(CS(=O)[O-])c(F)c1. The predicted molar refractivity (Wildman–Crippen MR) is 54.5 cm³/mol. The number of hydrogen-bond donors (Lipinski definition) is 0. The Labute approximate surface area is 94.7 Å². The van der Waals surface area contributed by atoms with Gasteiger partial charge in [0.15, 0.2) is 0 Å². The van der Waals surface area contributed by atoms with E-state index in [0.717, 1.165) is 6.07 Å². The van der Waals surface area contributed by atoms with Crippen LogP contribution in [0.25, 0.3) is 0 Å². The first kappa shape index (κ1) is 12.8. The van der Waals surface area contributed by atoms with Crippen LogP contribution in [0, 0.1) is 5.82 Å². The van der Waals surface area contributed by atoms with Crippen LogP contribution < -0.4 is 0 Å². The van der Waals surface area contributed by atoms with Crippen molar-refractivity contribution in [3.8, 4) is 0 Å². The van der Waals surface area contributed by atoms with Crippen molar-refractivity contribution >= 4 is 17.0 Å². The van der Waals surface area contributed by atoms with Crippen molar-refractivity contribution in [1.82, 2.24) is 0 Å². The highest BCUT2D eigenvalue weighted by Gasteiger charge is 2.04. The van der Waals surface area contributed by atoms with Crippen LogP contribution in [-0.4, -0.2) is 14.7 Å². The number of halogens is 1. The van der Waals surface area contributed by atoms with Gasteiger partial charge in [0.1, 0.15) is 12.4 Å². The van der Waals surface area contributed by atoms with E-state index < -0.39 is 22.9 Å². The van der Waals surface area contributed by atoms with Gasteiger partial charge in [0.2, 0.25) is 0 Å². The second-order valence-electron chi connectivity index (χ2n) is 3.15. The van der Waals surface area contributed by atoms with Crippen LogP contribution in [-0.2, 0) is 33.0 Å². The molecule has 0 aliphatic heterocycles. The van der Waals surface area contributed by atoms with Crippen molar-refractivity contribution in [1.29, 1.82) is 0 Å². The molecule has 16 heavy (non-hydrogen) atoms. The summed E-state index contributed by atoms with van der Waals surface area (Å²) in [6.07, 6.45) is 0. The minimum atomic E-state index is -2.32. The molecular formula is C10H10FO4S-. The van der Waals surface area contributed by atoms with Gasteiger partial charge in [-0.3, -0.25) is 9.00 Å². The summed E-state index contributed by atoms with van der Waals surface area (Å²) < 4.78 is 38.8. The molecule has 0 bridgehead atoms. The van der Waals surface area contributed by atoms with E-state index in [-0.39, 0.29) is 17.9 Å². The Morgan fingerprint density at radius 1 is 1.56 bits per heavy atom. The zero-order valence-electron chi connectivity index (χ0n) is 8.57. The van der Waals surface area contributed by atoms with Gasteiger partial charge in [0, 0.05) is 12.7 Å². The van der Waals surface area contributed by atoms with Crippen LogP contribution in [0.1, 0.15) is 18.1 Å². The highest BCUT2D eigenvalue weighted by molar-refractivity contribution is 7.78. The van der Waals surface area contributed by atoms with Crippen LogP contribution in [0.15, 0.2) is 18.2 Å². The van der Waals surface area contributed by atoms with Gasteiger partial charge < -0.3 is 9.29 Å². The summed E-state index contributed by atoms with van der Waals surface area (Å²) in [7, 11) is 0. The van der Waals surface area contributed by atoms with Gasteiger partial charge in [0.25, 0.3) is 0 Å². The smallest absolute Gasteiger partial charge is 0.302 e. The molecule has 0 amide bonds. The number of hydrogen-bond acceptors (Lipinski definition) is 4. The molecule has 4 nitrogen and oxygen atoms in total. The first-order chi connectivity index (χ1) is 7.49. The lowest BCUT2D eigenvalue weighted by atomic mass is 10.1. The van der Waals surface area contributed by atoms with Gasteiger partial charge in [-0.1, -0.05) is 23.2 Å². The van der Waals surface area contributed by atoms with Crippen molar-refractivity contribution in [2.45, 2.75) is 19.3 Å². The van der Waals surface area contributed by atoms with Crippen LogP contribution in [0.3, 0.4) is 0 Å². The first-order valence-electron chi connectivity index (χ1n) is 4.45. The molecule has 0 aliphatic carbocycles. The van der Waals surface area contributed by atoms with Gasteiger partial charge in [0.05, 0.1) is 0 Å². The highest BCUT2D eigenvalue weighted by atomic mass is 32.2. The average molecular weight is 245 g/mol. The Morgan fingerprint density at radius 2 is 2.25 bits per heavy atom. The summed E-state index contributed by atoms with van der Waals surface area (Å²) in [5.41, 5.74) is 0.577. The monoisotopic (exact) mass is 245 g/mol. The van der Waals surface area contributed by atoms with Crippen molar-refractivity contribution in [3.63, 3.8) is 0 Å². The molecule has 1 unspecified atom stereocenters. The van der Waals surface area contributed by atoms with Crippen molar-refractivity contribution in [2.24, 2.45) is 0 Å². The van der Waals surface area contributed by atoms with Crippen molar-refractivity contribution in [2.75, 3.05) is 0 Å². The van der Waals surface area contributed by atoms with Gasteiger partial charge in [-0.25, -0.2) is 4.39 Å². The molecule has 0 aliphatic rings. The molecule has 0 fully saturated rings. The molecule has 6 heteroatoms. The third kappa shape index (κ3) is 4.08. The molecule has 1 rings (SSSR count). The number of benzene rings is 1. The van der Waals surface area contributed by atoms with E-state index in [1.165, 1.54) is 19.1 Å². The largest absolute Gasteiger partial charge is 0.772 e. The summed E-state index contributed by atoms with van der Waals surface area (Å²) in [6, 6.07) is 4.04. The summed E-state index contributed by atoms with van der Waals surface area (Å²) in [5.74, 6) is -1.43. The maximum absolute atomic E-state index is 13.3. The molecule has 88 valence electrons. The van der Waals surface area contributed by atoms with E-state index in [1.807, 2.05) is 0 Å². The molecule has 1 aromatic rings. The number of carbonyl (C=O) groups excluding carboxylic acids is 1. The minimum absolute atomic E-state index is 0.0208. The summed E-state index contributed by atoms with van der Waals surface area (Å²) in [6.45, 7) is 1.23. The molecule has 0 radical (unpaired) electrons. The van der Waals surface area contributed by atoms with E-state index in [9.17, 15) is 17.9 Å². The maximum Gasteiger partial charge on any atom is 0.302 e. The van der Waals surface area contributed by atoms with E-state index in [0.29, 0.717) is 5.56 Å². The standard InChI is InChI=1S/C10H11FO4S/c1-7(12)15-5-8-2-3-9(6-16(13)14)10(11)4-8/h2-4H,5-6H2,1H3,(H,13,14)/p-1. The van der Waals surface area contributed by atoms with E-state index in [1.54, 1.807) is 0 Å². The van der Waals surface area contributed by atoms with Gasteiger partial charge in [-0.15, -0.1) is 0 Å². The Balaban J connectivity index is 2.74. The molecule has 0 saturated carbocycles. The quantitative estimate of drug-likeness (QED) is 0.591. The highest BCUT2D eigenvalue weighted by Crippen LogP contribution is 2.13. The fraction of sp³-hybridized carbons (Fsp3) is 0.300. The molecule has 0 N–H and O–H groups in total. The van der Waals surface area contributed by atoms with Crippen LogP contribution in [0.5, 0.6) is 0 Å². The lowest BCUT2D eigenvalue weighted by molar-refractivity contribution is -0.142. The first-order valence-corrected chi connectivity index (χ1v) is 5.70. The lowest BCUT2D eigenvalue weighted by Crippen LogP contribution is -2.01. The fourth-order valence-electron chi connectivity index (χ4n) is 1.11. The normalized spacial score (nSPS) is 12.2. The van der Waals surface area contributed by atoms with Crippen LogP contribution >= 0.6 is 0 Å². The van der Waals surface area contributed by atoms with Crippen molar-refractivity contribution in [3.05, 3.63) is 35.1 Å². The van der Waals surface area contributed by atoms with Gasteiger partial charge in [-0.2, -0.15) is 0 Å². The van der Waals surface area contributed by atoms with Gasteiger partial charge in [-0.05, 0) is 17.2 Å². The Kier molecular flexibility index (Phi) is 4.57. The van der Waals surface area contributed by atoms with E-state index in [2.05, 4.69) is 4.74 Å². The zero-order valence-corrected chi connectivity index (χ0v) is 9.38. The molecule has 1 aromatic carbocycles. The molecular weight excluding hydrogens is 235 g/mol. The Hall–Kier alpha value is -1.27. The predicted octanol–water partition coefficient (Wildman–Crippen LogP) is 1.27. The maximum atomic E-state index is 13.3. The lowest BCUT2D eigenvalue weighted by Gasteiger charge is -2.08. The van der Waals surface area contributed by atoms with E-state index in [4.69, 9.17) is 0 Å². The second-order valence-corrected chi connectivity index (χ2v) is 4.05. The molecule has 0 aromatic heterocycles. The van der Waals surface area contributed by atoms with Crippen LogP contribution in [0.2, 0.25) is 0 Å². The average Bonchev–Trinajstić information content (AvgIpc) is 2.18. The molecule has 0 spiro atoms. The number of rotatable bonds is 4. The van der Waals surface area contributed by atoms with Crippen LogP contribution in [0.4, 0.5) is 4.39 Å².